The molecule has 0 N–H and O–H groups in total. The molecule has 1 saturated heterocycles. The molecule has 25 heavy (non-hydrogen) atoms. The molecule has 0 aliphatic carbocycles. The van der Waals surface area contributed by atoms with E-state index < -0.39 is 5.37 Å². The van der Waals surface area contributed by atoms with Crippen LogP contribution in [0.25, 0.3) is 0 Å². The third-order valence-corrected chi connectivity index (χ3v) is 5.21. The minimum absolute atomic E-state index is 0.0317. The monoisotopic (exact) mass is 397 g/mol. The smallest absolute Gasteiger partial charge is 0.316 e. The summed E-state index contributed by atoms with van der Waals surface area (Å²) in [6, 6.07) is 15.3. The number of hydrogen-bond donors (Lipinski definition) is 0. The van der Waals surface area contributed by atoms with Gasteiger partial charge in [0, 0.05) is 28.7 Å². The highest BCUT2D eigenvalue weighted by Crippen LogP contribution is 2.34. The van der Waals surface area contributed by atoms with E-state index in [0.29, 0.717) is 23.1 Å². The summed E-state index contributed by atoms with van der Waals surface area (Å²) in [6.07, 6.45) is 1.23. The summed E-state index contributed by atoms with van der Waals surface area (Å²) in [6.45, 7) is 1.20. The summed E-state index contributed by atoms with van der Waals surface area (Å²) in [5, 5.41) is 0.935. The lowest BCUT2D eigenvalue weighted by Crippen LogP contribution is -2.38. The number of rotatable bonds is 4. The van der Waals surface area contributed by atoms with Crippen molar-refractivity contribution in [2.24, 2.45) is 0 Å². The van der Waals surface area contributed by atoms with Crippen LogP contribution in [0, 0.1) is 0 Å². The van der Waals surface area contributed by atoms with Gasteiger partial charge in [0.15, 0.2) is 0 Å². The summed E-state index contributed by atoms with van der Waals surface area (Å²) in [7, 11) is 0. The molecule has 1 fully saturated rings. The molecule has 2 aromatic carbocycles. The van der Waals surface area contributed by atoms with Crippen molar-refractivity contribution in [1.82, 2.24) is 4.90 Å². The molecule has 1 unspecified atom stereocenters. The van der Waals surface area contributed by atoms with E-state index >= 15 is 0 Å². The molecule has 0 spiro atoms. The van der Waals surface area contributed by atoms with E-state index in [2.05, 4.69) is 0 Å². The first-order chi connectivity index (χ1) is 12.0. The van der Waals surface area contributed by atoms with E-state index in [0.717, 1.165) is 24.0 Å². The van der Waals surface area contributed by atoms with Crippen molar-refractivity contribution in [3.8, 4) is 0 Å². The summed E-state index contributed by atoms with van der Waals surface area (Å²) in [5.74, 6) is 0. The van der Waals surface area contributed by atoms with Gasteiger partial charge in [0.1, 0.15) is 6.10 Å². The van der Waals surface area contributed by atoms with Gasteiger partial charge < -0.3 is 9.64 Å². The van der Waals surface area contributed by atoms with Crippen molar-refractivity contribution >= 4 is 40.2 Å². The average molecular weight is 399 g/mol. The minimum atomic E-state index is -0.404. The third-order valence-electron chi connectivity index (χ3n) is 4.38. The number of benzene rings is 2. The first-order valence-electron chi connectivity index (χ1n) is 8.14. The molecule has 6 heteroatoms. The molecule has 1 aliphatic heterocycles. The summed E-state index contributed by atoms with van der Waals surface area (Å²) >= 11 is 18.0. The van der Waals surface area contributed by atoms with Crippen LogP contribution in [0.1, 0.15) is 30.1 Å². The van der Waals surface area contributed by atoms with Crippen LogP contribution < -0.4 is 0 Å². The minimum Gasteiger partial charge on any atom is -0.365 e. The predicted molar refractivity (Wildman–Crippen MR) is 102 cm³/mol. The molecule has 2 aromatic rings. The molecule has 0 radical (unpaired) electrons. The average Bonchev–Trinajstić information content (AvgIpc) is 2.62. The quantitative estimate of drug-likeness (QED) is 0.472. The topological polar surface area (TPSA) is 29.5 Å². The van der Waals surface area contributed by atoms with Gasteiger partial charge in [-0.3, -0.25) is 4.79 Å². The van der Waals surface area contributed by atoms with Crippen LogP contribution in [0.5, 0.6) is 0 Å². The molecular weight excluding hydrogens is 381 g/mol. The zero-order valence-corrected chi connectivity index (χ0v) is 15.8. The summed E-state index contributed by atoms with van der Waals surface area (Å²) in [5.41, 5.74) is 1.91. The maximum absolute atomic E-state index is 11.3. The molecule has 0 aromatic heterocycles. The van der Waals surface area contributed by atoms with Gasteiger partial charge in [0.2, 0.25) is 0 Å². The SMILES string of the molecule is O=C(Cl)N1CCC(OC(c2ccc(Cl)cc2)c2ccccc2Cl)CC1. The van der Waals surface area contributed by atoms with E-state index in [9.17, 15) is 4.79 Å². The number of amides is 1. The number of carbonyl (C=O) groups excluding carboxylic acids is 1. The second-order valence-electron chi connectivity index (χ2n) is 6.03. The lowest BCUT2D eigenvalue weighted by atomic mass is 10.00. The van der Waals surface area contributed by atoms with Crippen molar-refractivity contribution in [1.29, 1.82) is 0 Å². The van der Waals surface area contributed by atoms with Crippen molar-refractivity contribution in [3.05, 3.63) is 69.7 Å². The Morgan fingerprint density at radius 3 is 2.28 bits per heavy atom. The van der Waals surface area contributed by atoms with Gasteiger partial charge in [-0.25, -0.2) is 0 Å². The molecule has 3 rings (SSSR count). The Morgan fingerprint density at radius 2 is 1.68 bits per heavy atom. The molecule has 1 heterocycles. The van der Waals surface area contributed by atoms with Gasteiger partial charge in [-0.15, -0.1) is 0 Å². The molecule has 0 bridgehead atoms. The highest BCUT2D eigenvalue weighted by Gasteiger charge is 2.27. The Balaban J connectivity index is 1.81. The Labute approximate surface area is 162 Å². The lowest BCUT2D eigenvalue weighted by molar-refractivity contribution is -0.0200. The lowest BCUT2D eigenvalue weighted by Gasteiger charge is -2.33. The number of likely N-dealkylation sites (tertiary alicyclic amines) is 1. The van der Waals surface area contributed by atoms with Crippen LogP contribution in [0.3, 0.4) is 0 Å². The van der Waals surface area contributed by atoms with Crippen LogP contribution in [0.2, 0.25) is 10.0 Å². The fraction of sp³-hybridized carbons (Fsp3) is 0.316. The molecule has 1 amide bonds. The van der Waals surface area contributed by atoms with Gasteiger partial charge in [0.05, 0.1) is 6.10 Å². The molecule has 3 nitrogen and oxygen atoms in total. The van der Waals surface area contributed by atoms with E-state index in [4.69, 9.17) is 39.5 Å². The fourth-order valence-corrected chi connectivity index (χ4v) is 3.55. The Morgan fingerprint density at radius 1 is 1.04 bits per heavy atom. The molecule has 1 aliphatic rings. The third kappa shape index (κ3) is 4.68. The van der Waals surface area contributed by atoms with Crippen molar-refractivity contribution in [2.45, 2.75) is 25.0 Å². The van der Waals surface area contributed by atoms with E-state index in [1.807, 2.05) is 48.5 Å². The Bertz CT molecular complexity index is 728. The number of ether oxygens (including phenoxy) is 1. The molecule has 1 atom stereocenters. The first kappa shape index (κ1) is 18.5. The van der Waals surface area contributed by atoms with Crippen LogP contribution in [-0.2, 0) is 4.74 Å². The number of carbonyl (C=O) groups is 1. The standard InChI is InChI=1S/C19H18Cl3NO2/c20-14-7-5-13(6-8-14)18(16-3-1-2-4-17(16)21)25-15-9-11-23(12-10-15)19(22)24/h1-8,15,18H,9-12H2. The van der Waals surface area contributed by atoms with E-state index in [1.54, 1.807) is 4.90 Å². The van der Waals surface area contributed by atoms with Gasteiger partial charge in [0.25, 0.3) is 0 Å². The number of piperidine rings is 1. The maximum atomic E-state index is 11.3. The second-order valence-corrected chi connectivity index (χ2v) is 7.20. The van der Waals surface area contributed by atoms with E-state index in [1.165, 1.54) is 0 Å². The van der Waals surface area contributed by atoms with Gasteiger partial charge in [-0.2, -0.15) is 0 Å². The molecule has 0 saturated carbocycles. The van der Waals surface area contributed by atoms with Crippen LogP contribution in [0.15, 0.2) is 48.5 Å². The van der Waals surface area contributed by atoms with Crippen LogP contribution in [0.4, 0.5) is 4.79 Å². The van der Waals surface area contributed by atoms with Crippen molar-refractivity contribution in [2.75, 3.05) is 13.1 Å². The number of nitrogens with zero attached hydrogens (tertiary/aromatic N) is 1. The van der Waals surface area contributed by atoms with Gasteiger partial charge in [-0.1, -0.05) is 53.5 Å². The Kier molecular flexibility index (Phi) is 6.24. The second kappa shape index (κ2) is 8.41. The van der Waals surface area contributed by atoms with E-state index in [-0.39, 0.29) is 12.2 Å². The maximum Gasteiger partial charge on any atom is 0.316 e. The zero-order valence-electron chi connectivity index (χ0n) is 13.5. The van der Waals surface area contributed by atoms with Crippen molar-refractivity contribution in [3.63, 3.8) is 0 Å². The largest absolute Gasteiger partial charge is 0.365 e. The highest BCUT2D eigenvalue weighted by molar-refractivity contribution is 6.62. The fourth-order valence-electron chi connectivity index (χ4n) is 3.02. The number of halogens is 3. The summed E-state index contributed by atoms with van der Waals surface area (Å²) < 4.78 is 6.40. The van der Waals surface area contributed by atoms with Crippen molar-refractivity contribution < 1.29 is 9.53 Å². The first-order valence-corrected chi connectivity index (χ1v) is 9.27. The predicted octanol–water partition coefficient (Wildman–Crippen LogP) is 5.92. The highest BCUT2D eigenvalue weighted by atomic mass is 35.5. The molecular formula is C19H18Cl3NO2. The number of hydrogen-bond acceptors (Lipinski definition) is 2. The Hall–Kier alpha value is -1.26. The summed E-state index contributed by atoms with van der Waals surface area (Å²) in [4.78, 5) is 12.9. The van der Waals surface area contributed by atoms with Crippen LogP contribution >= 0.6 is 34.8 Å². The zero-order chi connectivity index (χ0) is 17.8. The van der Waals surface area contributed by atoms with Gasteiger partial charge >= 0.3 is 5.37 Å². The normalized spacial score (nSPS) is 16.7. The van der Waals surface area contributed by atoms with Gasteiger partial charge in [-0.05, 0) is 48.2 Å². The molecule has 132 valence electrons. The van der Waals surface area contributed by atoms with Crippen LogP contribution in [-0.4, -0.2) is 29.5 Å².